The lowest BCUT2D eigenvalue weighted by Crippen LogP contribution is -2.43. The van der Waals surface area contributed by atoms with E-state index in [1.165, 1.54) is 5.56 Å². The van der Waals surface area contributed by atoms with Gasteiger partial charge in [-0.15, -0.1) is 0 Å². The minimum Gasteiger partial charge on any atom is -0.382 e. The number of hydrogen-bond acceptors (Lipinski definition) is 3. The smallest absolute Gasteiger partial charge is 0.0935 e. The number of ether oxygens (including phenoxy) is 2. The highest BCUT2D eigenvalue weighted by molar-refractivity contribution is 5.14. The van der Waals surface area contributed by atoms with Gasteiger partial charge in [-0.2, -0.15) is 0 Å². The Balaban J connectivity index is 1.85. The lowest BCUT2D eigenvalue weighted by atomic mass is 10.2. The zero-order valence-electron chi connectivity index (χ0n) is 9.76. The summed E-state index contributed by atoms with van der Waals surface area (Å²) in [6, 6.07) is 10.6. The molecule has 0 radical (unpaired) electrons. The van der Waals surface area contributed by atoms with Gasteiger partial charge in [0.15, 0.2) is 0 Å². The third kappa shape index (κ3) is 3.30. The summed E-state index contributed by atoms with van der Waals surface area (Å²) in [6.45, 7) is 4.47. The summed E-state index contributed by atoms with van der Waals surface area (Å²) < 4.78 is 10.7. The van der Waals surface area contributed by atoms with Crippen LogP contribution in [0.2, 0.25) is 0 Å². The molecule has 1 aliphatic rings. The molecule has 0 unspecified atom stereocenters. The van der Waals surface area contributed by atoms with E-state index >= 15 is 0 Å². The van der Waals surface area contributed by atoms with Gasteiger partial charge in [-0.1, -0.05) is 30.3 Å². The first-order chi connectivity index (χ1) is 7.88. The van der Waals surface area contributed by atoms with E-state index in [4.69, 9.17) is 9.47 Å². The molecule has 3 heteroatoms. The third-order valence-corrected chi connectivity index (χ3v) is 2.82. The fourth-order valence-electron chi connectivity index (χ4n) is 2.05. The Bertz CT molecular complexity index is 300. The molecule has 0 saturated carbocycles. The van der Waals surface area contributed by atoms with Crippen LogP contribution in [-0.4, -0.2) is 44.4 Å². The molecular formula is C13H19NO2. The molecule has 0 N–H and O–H groups in total. The molecule has 0 spiro atoms. The summed E-state index contributed by atoms with van der Waals surface area (Å²) in [5, 5.41) is 0. The van der Waals surface area contributed by atoms with E-state index in [1.54, 1.807) is 7.11 Å². The van der Waals surface area contributed by atoms with Gasteiger partial charge in [0.1, 0.15) is 0 Å². The molecule has 0 aromatic heterocycles. The van der Waals surface area contributed by atoms with E-state index in [9.17, 15) is 0 Å². The Morgan fingerprint density at radius 3 is 2.94 bits per heavy atom. The summed E-state index contributed by atoms with van der Waals surface area (Å²) in [6.07, 6.45) is 0.225. The van der Waals surface area contributed by atoms with Crippen molar-refractivity contribution in [3.05, 3.63) is 35.9 Å². The van der Waals surface area contributed by atoms with Crippen molar-refractivity contribution in [2.45, 2.75) is 12.6 Å². The zero-order chi connectivity index (χ0) is 11.2. The predicted octanol–water partition coefficient (Wildman–Crippen LogP) is 1.53. The standard InChI is InChI=1S/C13H19NO2/c1-15-11-13-10-14(7-8-16-13)9-12-5-3-2-4-6-12/h2-6,13H,7-11H2,1H3/t13-/m1/s1. The highest BCUT2D eigenvalue weighted by Gasteiger charge is 2.19. The maximum atomic E-state index is 5.62. The van der Waals surface area contributed by atoms with Crippen LogP contribution in [0.3, 0.4) is 0 Å². The zero-order valence-corrected chi connectivity index (χ0v) is 9.76. The van der Waals surface area contributed by atoms with Crippen LogP contribution < -0.4 is 0 Å². The first-order valence-electron chi connectivity index (χ1n) is 5.75. The van der Waals surface area contributed by atoms with Crippen molar-refractivity contribution in [3.8, 4) is 0 Å². The number of nitrogens with zero attached hydrogens (tertiary/aromatic N) is 1. The van der Waals surface area contributed by atoms with Gasteiger partial charge in [-0.05, 0) is 5.56 Å². The number of hydrogen-bond donors (Lipinski definition) is 0. The Labute approximate surface area is 97.0 Å². The lowest BCUT2D eigenvalue weighted by Gasteiger charge is -2.32. The Kier molecular flexibility index (Phi) is 4.34. The average Bonchev–Trinajstić information content (AvgIpc) is 2.31. The van der Waals surface area contributed by atoms with Gasteiger partial charge in [-0.3, -0.25) is 4.90 Å². The number of morpholine rings is 1. The van der Waals surface area contributed by atoms with Crippen LogP contribution >= 0.6 is 0 Å². The summed E-state index contributed by atoms with van der Waals surface area (Å²) in [4.78, 5) is 2.42. The van der Waals surface area contributed by atoms with Gasteiger partial charge >= 0.3 is 0 Å². The van der Waals surface area contributed by atoms with Crippen molar-refractivity contribution in [2.75, 3.05) is 33.4 Å². The fourth-order valence-corrected chi connectivity index (χ4v) is 2.05. The van der Waals surface area contributed by atoms with E-state index < -0.39 is 0 Å². The molecule has 0 amide bonds. The average molecular weight is 221 g/mol. The van der Waals surface area contributed by atoms with Crippen molar-refractivity contribution in [1.29, 1.82) is 0 Å². The van der Waals surface area contributed by atoms with Crippen molar-refractivity contribution in [2.24, 2.45) is 0 Å². The predicted molar refractivity (Wildman–Crippen MR) is 63.3 cm³/mol. The van der Waals surface area contributed by atoms with Gasteiger partial charge in [0, 0.05) is 26.7 Å². The summed E-state index contributed by atoms with van der Waals surface area (Å²) in [5.41, 5.74) is 1.36. The normalized spacial score (nSPS) is 22.2. The Hall–Kier alpha value is -0.900. The monoisotopic (exact) mass is 221 g/mol. The highest BCUT2D eigenvalue weighted by atomic mass is 16.5. The van der Waals surface area contributed by atoms with Crippen LogP contribution in [0.4, 0.5) is 0 Å². The molecular weight excluding hydrogens is 202 g/mol. The second kappa shape index (κ2) is 5.99. The van der Waals surface area contributed by atoms with Crippen molar-refractivity contribution in [1.82, 2.24) is 4.90 Å². The van der Waals surface area contributed by atoms with Crippen molar-refractivity contribution >= 4 is 0 Å². The highest BCUT2D eigenvalue weighted by Crippen LogP contribution is 2.10. The molecule has 16 heavy (non-hydrogen) atoms. The van der Waals surface area contributed by atoms with Crippen LogP contribution in [0.5, 0.6) is 0 Å². The van der Waals surface area contributed by atoms with Crippen LogP contribution in [0.1, 0.15) is 5.56 Å². The first-order valence-corrected chi connectivity index (χ1v) is 5.75. The molecule has 1 aromatic rings. The fraction of sp³-hybridized carbons (Fsp3) is 0.538. The van der Waals surface area contributed by atoms with Gasteiger partial charge in [0.2, 0.25) is 0 Å². The van der Waals surface area contributed by atoms with Crippen LogP contribution in [0.25, 0.3) is 0 Å². The molecule has 1 fully saturated rings. The molecule has 1 aromatic carbocycles. The molecule has 0 bridgehead atoms. The van der Waals surface area contributed by atoms with Gasteiger partial charge in [-0.25, -0.2) is 0 Å². The maximum Gasteiger partial charge on any atom is 0.0935 e. The summed E-state index contributed by atoms with van der Waals surface area (Å²) >= 11 is 0. The van der Waals surface area contributed by atoms with Crippen LogP contribution in [0, 0.1) is 0 Å². The Morgan fingerprint density at radius 1 is 1.38 bits per heavy atom. The number of benzene rings is 1. The van der Waals surface area contributed by atoms with Crippen LogP contribution in [-0.2, 0) is 16.0 Å². The first kappa shape index (κ1) is 11.6. The quantitative estimate of drug-likeness (QED) is 0.769. The summed E-state index contributed by atoms with van der Waals surface area (Å²) in [7, 11) is 1.72. The molecule has 1 atom stereocenters. The second-order valence-corrected chi connectivity index (χ2v) is 4.17. The molecule has 2 rings (SSSR count). The van der Waals surface area contributed by atoms with E-state index in [2.05, 4.69) is 35.2 Å². The molecule has 1 aliphatic heterocycles. The summed E-state index contributed by atoms with van der Waals surface area (Å²) in [5.74, 6) is 0. The second-order valence-electron chi connectivity index (χ2n) is 4.17. The largest absolute Gasteiger partial charge is 0.382 e. The molecule has 1 heterocycles. The Morgan fingerprint density at radius 2 is 2.19 bits per heavy atom. The van der Waals surface area contributed by atoms with Crippen molar-refractivity contribution < 1.29 is 9.47 Å². The maximum absolute atomic E-state index is 5.62. The molecule has 88 valence electrons. The van der Waals surface area contributed by atoms with Gasteiger partial charge in [0.05, 0.1) is 19.3 Å². The minimum atomic E-state index is 0.225. The molecule has 0 aliphatic carbocycles. The van der Waals surface area contributed by atoms with Gasteiger partial charge < -0.3 is 9.47 Å². The number of methoxy groups -OCH3 is 1. The third-order valence-electron chi connectivity index (χ3n) is 2.82. The minimum absolute atomic E-state index is 0.225. The number of rotatable bonds is 4. The SMILES string of the molecule is COC[C@H]1CN(Cc2ccccc2)CCO1. The van der Waals surface area contributed by atoms with E-state index in [-0.39, 0.29) is 6.10 Å². The van der Waals surface area contributed by atoms with E-state index in [0.29, 0.717) is 6.61 Å². The lowest BCUT2D eigenvalue weighted by molar-refractivity contribution is -0.0631. The van der Waals surface area contributed by atoms with E-state index in [0.717, 1.165) is 26.2 Å². The molecule has 3 nitrogen and oxygen atoms in total. The van der Waals surface area contributed by atoms with Crippen LogP contribution in [0.15, 0.2) is 30.3 Å². The van der Waals surface area contributed by atoms with Crippen molar-refractivity contribution in [3.63, 3.8) is 0 Å². The van der Waals surface area contributed by atoms with E-state index in [1.807, 2.05) is 0 Å². The van der Waals surface area contributed by atoms with Gasteiger partial charge in [0.25, 0.3) is 0 Å². The molecule has 1 saturated heterocycles. The topological polar surface area (TPSA) is 21.7 Å².